The Morgan fingerprint density at radius 2 is 2.04 bits per heavy atom. The minimum absolute atomic E-state index is 0.170. The molecule has 1 aromatic heterocycles. The Labute approximate surface area is 168 Å². The zero-order chi connectivity index (χ0) is 20.1. The van der Waals surface area contributed by atoms with Crippen LogP contribution < -0.4 is 10.6 Å². The minimum Gasteiger partial charge on any atom is -0.394 e. The maximum absolute atomic E-state index is 12.7. The molecule has 0 bridgehead atoms. The first-order valence-electron chi connectivity index (χ1n) is 9.13. The number of carbonyl (C=O) groups excluding carboxylic acids is 2. The van der Waals surface area contributed by atoms with Crippen LogP contribution in [0, 0.1) is 6.92 Å². The number of likely N-dealkylation sites (tertiary alicyclic amines) is 1. The van der Waals surface area contributed by atoms with Crippen LogP contribution in [-0.4, -0.2) is 52.7 Å². The van der Waals surface area contributed by atoms with Gasteiger partial charge in [0.15, 0.2) is 0 Å². The second-order valence-electron chi connectivity index (χ2n) is 6.79. The van der Waals surface area contributed by atoms with Gasteiger partial charge in [-0.3, -0.25) is 4.79 Å². The normalized spacial score (nSPS) is 17.2. The van der Waals surface area contributed by atoms with Crippen LogP contribution in [0.2, 0.25) is 5.15 Å². The van der Waals surface area contributed by atoms with E-state index in [4.69, 9.17) is 11.6 Å². The number of halogens is 1. The molecule has 1 unspecified atom stereocenters. The molecular formula is C20H23ClN4O3. The predicted molar refractivity (Wildman–Crippen MR) is 106 cm³/mol. The topological polar surface area (TPSA) is 94.6 Å². The summed E-state index contributed by atoms with van der Waals surface area (Å²) in [4.78, 5) is 30.7. The van der Waals surface area contributed by atoms with Gasteiger partial charge in [0, 0.05) is 24.8 Å². The molecule has 1 saturated heterocycles. The second-order valence-corrected chi connectivity index (χ2v) is 7.15. The van der Waals surface area contributed by atoms with Crippen molar-refractivity contribution in [2.45, 2.75) is 25.4 Å². The van der Waals surface area contributed by atoms with Crippen LogP contribution in [0.1, 0.15) is 34.1 Å². The van der Waals surface area contributed by atoms with E-state index < -0.39 is 6.04 Å². The van der Waals surface area contributed by atoms with Crippen LogP contribution in [0.3, 0.4) is 0 Å². The molecule has 3 rings (SSSR count). The fraction of sp³-hybridized carbons (Fsp3) is 0.350. The lowest BCUT2D eigenvalue weighted by atomic mass is 10.1. The Balaban J connectivity index is 1.55. The highest BCUT2D eigenvalue weighted by Crippen LogP contribution is 2.19. The van der Waals surface area contributed by atoms with Crippen LogP contribution in [0.4, 0.5) is 4.79 Å². The van der Waals surface area contributed by atoms with Crippen molar-refractivity contribution >= 4 is 23.5 Å². The fourth-order valence-electron chi connectivity index (χ4n) is 3.22. The molecule has 28 heavy (non-hydrogen) atoms. The predicted octanol–water partition coefficient (Wildman–Crippen LogP) is 2.29. The Bertz CT molecular complexity index is 847. The van der Waals surface area contributed by atoms with Gasteiger partial charge in [-0.1, -0.05) is 41.9 Å². The average Bonchev–Trinajstić information content (AvgIpc) is 3.14. The second kappa shape index (κ2) is 9.03. The third kappa shape index (κ3) is 4.79. The molecular weight excluding hydrogens is 380 g/mol. The van der Waals surface area contributed by atoms with E-state index in [2.05, 4.69) is 15.6 Å². The molecule has 0 radical (unpaired) electrons. The number of carbonyl (C=O) groups is 2. The molecule has 3 N–H and O–H groups in total. The van der Waals surface area contributed by atoms with E-state index in [-0.39, 0.29) is 29.7 Å². The average molecular weight is 403 g/mol. The number of aliphatic hydroxyl groups is 1. The highest BCUT2D eigenvalue weighted by atomic mass is 35.5. The van der Waals surface area contributed by atoms with Crippen molar-refractivity contribution in [3.05, 3.63) is 64.4 Å². The lowest BCUT2D eigenvalue weighted by molar-refractivity contribution is 0.0789. The van der Waals surface area contributed by atoms with E-state index in [1.807, 2.05) is 37.3 Å². The van der Waals surface area contributed by atoms with Gasteiger partial charge in [-0.15, -0.1) is 0 Å². The Kier molecular flexibility index (Phi) is 6.49. The highest BCUT2D eigenvalue weighted by Gasteiger charge is 2.29. The summed E-state index contributed by atoms with van der Waals surface area (Å²) in [7, 11) is 0. The maximum atomic E-state index is 12.7. The van der Waals surface area contributed by atoms with Gasteiger partial charge in [0.25, 0.3) is 5.91 Å². The number of pyridine rings is 1. The zero-order valence-electron chi connectivity index (χ0n) is 15.6. The highest BCUT2D eigenvalue weighted by molar-refractivity contribution is 6.32. The van der Waals surface area contributed by atoms with Gasteiger partial charge < -0.3 is 20.6 Å². The lowest BCUT2D eigenvalue weighted by Gasteiger charge is -2.20. The third-order valence-electron chi connectivity index (χ3n) is 4.72. The Hall–Kier alpha value is -2.64. The molecule has 1 aliphatic rings. The van der Waals surface area contributed by atoms with Crippen molar-refractivity contribution in [2.24, 2.45) is 0 Å². The number of aliphatic hydroxyl groups excluding tert-OH is 1. The summed E-state index contributed by atoms with van der Waals surface area (Å²) in [5, 5.41) is 15.4. The fourth-order valence-corrected chi connectivity index (χ4v) is 3.50. The molecule has 1 aromatic carbocycles. The van der Waals surface area contributed by atoms with Crippen molar-refractivity contribution in [1.29, 1.82) is 0 Å². The van der Waals surface area contributed by atoms with Gasteiger partial charge in [0.1, 0.15) is 5.15 Å². The van der Waals surface area contributed by atoms with E-state index >= 15 is 0 Å². The molecule has 0 saturated carbocycles. The summed E-state index contributed by atoms with van der Waals surface area (Å²) in [6.45, 7) is 2.52. The molecule has 1 aliphatic heterocycles. The van der Waals surface area contributed by atoms with Crippen molar-refractivity contribution in [3.8, 4) is 0 Å². The first kappa shape index (κ1) is 20.1. The molecule has 0 aliphatic carbocycles. The number of nitrogens with one attached hydrogen (secondary N) is 2. The van der Waals surface area contributed by atoms with E-state index in [1.54, 1.807) is 17.0 Å². The molecule has 7 nitrogen and oxygen atoms in total. The van der Waals surface area contributed by atoms with Crippen LogP contribution >= 0.6 is 11.6 Å². The number of aryl methyl sites for hydroxylation is 1. The van der Waals surface area contributed by atoms with Gasteiger partial charge in [-0.05, 0) is 31.0 Å². The van der Waals surface area contributed by atoms with Crippen molar-refractivity contribution in [2.75, 3.05) is 19.7 Å². The molecule has 2 atom stereocenters. The lowest BCUT2D eigenvalue weighted by Crippen LogP contribution is -2.45. The van der Waals surface area contributed by atoms with Gasteiger partial charge in [-0.2, -0.15) is 0 Å². The van der Waals surface area contributed by atoms with E-state index in [1.165, 1.54) is 0 Å². The number of benzene rings is 1. The van der Waals surface area contributed by atoms with Gasteiger partial charge in [0.05, 0.1) is 18.2 Å². The summed E-state index contributed by atoms with van der Waals surface area (Å²) in [6.07, 6.45) is 0.644. The summed E-state index contributed by atoms with van der Waals surface area (Å²) in [6, 6.07) is 11.6. The van der Waals surface area contributed by atoms with E-state index in [9.17, 15) is 14.7 Å². The third-order valence-corrected chi connectivity index (χ3v) is 5.01. The molecule has 2 aromatic rings. The Morgan fingerprint density at radius 3 is 2.71 bits per heavy atom. The van der Waals surface area contributed by atoms with Gasteiger partial charge in [-0.25, -0.2) is 9.78 Å². The van der Waals surface area contributed by atoms with Crippen molar-refractivity contribution in [1.82, 2.24) is 20.5 Å². The quantitative estimate of drug-likeness (QED) is 0.669. The van der Waals surface area contributed by atoms with E-state index in [0.717, 1.165) is 11.3 Å². The minimum atomic E-state index is -0.488. The largest absolute Gasteiger partial charge is 0.394 e. The standard InChI is InChI=1S/C20H23ClN4O3/c1-13-7-8-16(18(21)22-13)19(27)25-10-9-15(11-25)23-20(28)24-17(12-26)14-5-3-2-4-6-14/h2-8,15,17,26H,9-12H2,1H3,(H2,23,24,28)/t15?,17-/m0/s1. The molecule has 3 amide bonds. The summed E-state index contributed by atoms with van der Waals surface area (Å²) in [5.74, 6) is -0.195. The van der Waals surface area contributed by atoms with Crippen LogP contribution in [-0.2, 0) is 0 Å². The van der Waals surface area contributed by atoms with E-state index in [0.29, 0.717) is 25.1 Å². The first-order valence-corrected chi connectivity index (χ1v) is 9.51. The van der Waals surface area contributed by atoms with Crippen molar-refractivity contribution in [3.63, 3.8) is 0 Å². The number of hydrogen-bond acceptors (Lipinski definition) is 4. The van der Waals surface area contributed by atoms with Crippen molar-refractivity contribution < 1.29 is 14.7 Å². The van der Waals surface area contributed by atoms with Gasteiger partial charge >= 0.3 is 6.03 Å². The summed E-state index contributed by atoms with van der Waals surface area (Å²) >= 11 is 6.09. The SMILES string of the molecule is Cc1ccc(C(=O)N2CCC(NC(=O)N[C@@H](CO)c3ccccc3)C2)c(Cl)n1. The number of rotatable bonds is 5. The molecule has 0 spiro atoms. The zero-order valence-corrected chi connectivity index (χ0v) is 16.3. The van der Waals surface area contributed by atoms with Crippen LogP contribution in [0.5, 0.6) is 0 Å². The van der Waals surface area contributed by atoms with Gasteiger partial charge in [0.2, 0.25) is 0 Å². The molecule has 148 valence electrons. The monoisotopic (exact) mass is 402 g/mol. The number of amides is 3. The number of nitrogens with zero attached hydrogens (tertiary/aromatic N) is 2. The molecule has 1 fully saturated rings. The Morgan fingerprint density at radius 1 is 1.29 bits per heavy atom. The molecule has 2 heterocycles. The smallest absolute Gasteiger partial charge is 0.315 e. The summed E-state index contributed by atoms with van der Waals surface area (Å²) in [5.41, 5.74) is 1.93. The summed E-state index contributed by atoms with van der Waals surface area (Å²) < 4.78 is 0. The molecule has 8 heteroatoms. The number of urea groups is 1. The first-order chi connectivity index (χ1) is 13.5. The number of aromatic nitrogens is 1. The number of hydrogen-bond donors (Lipinski definition) is 3. The van der Waals surface area contributed by atoms with Crippen LogP contribution in [0.15, 0.2) is 42.5 Å². The van der Waals surface area contributed by atoms with Crippen LogP contribution in [0.25, 0.3) is 0 Å². The maximum Gasteiger partial charge on any atom is 0.315 e.